The second-order valence-electron chi connectivity index (χ2n) is 4.45. The fourth-order valence-electron chi connectivity index (χ4n) is 2.41. The highest BCUT2D eigenvalue weighted by Gasteiger charge is 2.36. The lowest BCUT2D eigenvalue weighted by atomic mass is 9.85. The van der Waals surface area contributed by atoms with E-state index in [9.17, 15) is 10.2 Å². The van der Waals surface area contributed by atoms with Gasteiger partial charge >= 0.3 is 0 Å². The summed E-state index contributed by atoms with van der Waals surface area (Å²) in [5.74, 6) is -0.133. The van der Waals surface area contributed by atoms with Crippen LogP contribution < -0.4 is 5.32 Å². The molecule has 1 unspecified atom stereocenters. The van der Waals surface area contributed by atoms with Crippen molar-refractivity contribution in [2.24, 2.45) is 5.92 Å². The Balaban J connectivity index is 2.18. The van der Waals surface area contributed by atoms with E-state index in [4.69, 9.17) is 4.74 Å². The minimum Gasteiger partial charge on any atom is -0.390 e. The van der Waals surface area contributed by atoms with E-state index in [1.807, 2.05) is 30.3 Å². The lowest BCUT2D eigenvalue weighted by Crippen LogP contribution is -2.52. The van der Waals surface area contributed by atoms with Crippen LogP contribution in [-0.2, 0) is 4.74 Å². The molecule has 2 rings (SSSR count). The molecule has 3 N–H and O–H groups in total. The van der Waals surface area contributed by atoms with Gasteiger partial charge in [-0.15, -0.1) is 0 Å². The van der Waals surface area contributed by atoms with Crippen molar-refractivity contribution in [3.05, 3.63) is 35.9 Å². The van der Waals surface area contributed by atoms with Gasteiger partial charge in [-0.3, -0.25) is 0 Å². The van der Waals surface area contributed by atoms with E-state index in [0.29, 0.717) is 13.1 Å². The zero-order chi connectivity index (χ0) is 12.3. The van der Waals surface area contributed by atoms with Gasteiger partial charge in [0, 0.05) is 26.1 Å². The van der Waals surface area contributed by atoms with Crippen LogP contribution in [0.4, 0.5) is 0 Å². The predicted molar refractivity (Wildman–Crippen MR) is 64.6 cm³/mol. The van der Waals surface area contributed by atoms with Gasteiger partial charge < -0.3 is 20.3 Å². The summed E-state index contributed by atoms with van der Waals surface area (Å²) in [5, 5.41) is 22.8. The second-order valence-corrected chi connectivity index (χ2v) is 4.45. The number of aliphatic hydroxyl groups is 2. The lowest BCUT2D eigenvalue weighted by molar-refractivity contribution is -0.0851. The summed E-state index contributed by atoms with van der Waals surface area (Å²) in [6, 6.07) is 9.78. The van der Waals surface area contributed by atoms with Gasteiger partial charge in [0.05, 0.1) is 18.3 Å². The topological polar surface area (TPSA) is 61.7 Å². The number of hydrogen-bond donors (Lipinski definition) is 3. The Hall–Kier alpha value is -0.940. The molecule has 4 atom stereocenters. The van der Waals surface area contributed by atoms with Crippen molar-refractivity contribution in [2.75, 3.05) is 20.2 Å². The molecular weight excluding hydrogens is 218 g/mol. The maximum absolute atomic E-state index is 10.0. The van der Waals surface area contributed by atoms with Crippen LogP contribution in [-0.4, -0.2) is 42.6 Å². The molecule has 0 spiro atoms. The summed E-state index contributed by atoms with van der Waals surface area (Å²) in [7, 11) is 1.63. The third-order valence-electron chi connectivity index (χ3n) is 3.34. The normalized spacial score (nSPS) is 31.1. The lowest BCUT2D eigenvalue weighted by Gasteiger charge is -2.37. The highest BCUT2D eigenvalue weighted by atomic mass is 16.5. The molecule has 94 valence electrons. The molecule has 0 aliphatic carbocycles. The van der Waals surface area contributed by atoms with Crippen molar-refractivity contribution in [3.63, 3.8) is 0 Å². The van der Waals surface area contributed by atoms with Crippen LogP contribution in [0.2, 0.25) is 0 Å². The molecule has 1 fully saturated rings. The third kappa shape index (κ3) is 2.66. The van der Waals surface area contributed by atoms with Crippen LogP contribution in [0, 0.1) is 5.92 Å². The molecule has 1 aromatic rings. The average Bonchev–Trinajstić information content (AvgIpc) is 2.37. The molecule has 4 nitrogen and oxygen atoms in total. The molecule has 17 heavy (non-hydrogen) atoms. The van der Waals surface area contributed by atoms with Gasteiger partial charge in [-0.1, -0.05) is 30.3 Å². The van der Waals surface area contributed by atoms with E-state index in [0.717, 1.165) is 5.56 Å². The predicted octanol–water partition coefficient (Wildman–Crippen LogP) is 0.315. The number of hydrogen-bond acceptors (Lipinski definition) is 4. The Labute approximate surface area is 101 Å². The van der Waals surface area contributed by atoms with Gasteiger partial charge in [0.2, 0.25) is 0 Å². The van der Waals surface area contributed by atoms with E-state index in [2.05, 4.69) is 5.32 Å². The molecular formula is C13H19NO3. The quantitative estimate of drug-likeness (QED) is 0.708. The van der Waals surface area contributed by atoms with Crippen molar-refractivity contribution in [3.8, 4) is 0 Å². The van der Waals surface area contributed by atoms with Gasteiger partial charge in [-0.2, -0.15) is 0 Å². The van der Waals surface area contributed by atoms with E-state index in [1.165, 1.54) is 0 Å². The SMILES string of the molecule is COC(c1ccccc1)[C@H]1CNC[C@@H](O)[C@@H]1O. The Morgan fingerprint density at radius 3 is 2.59 bits per heavy atom. The van der Waals surface area contributed by atoms with Crippen LogP contribution in [0.25, 0.3) is 0 Å². The summed E-state index contributed by atoms with van der Waals surface area (Å²) in [6.45, 7) is 1.08. The molecule has 1 heterocycles. The summed E-state index contributed by atoms with van der Waals surface area (Å²) in [5.41, 5.74) is 1.02. The minimum atomic E-state index is -0.749. The Kier molecular flexibility index (Phi) is 4.12. The number of ether oxygens (including phenoxy) is 1. The molecule has 0 aromatic heterocycles. The van der Waals surface area contributed by atoms with Crippen molar-refractivity contribution < 1.29 is 14.9 Å². The maximum atomic E-state index is 10.0. The van der Waals surface area contributed by atoms with Crippen LogP contribution in [0.5, 0.6) is 0 Å². The molecule has 1 aliphatic heterocycles. The first-order valence-electron chi connectivity index (χ1n) is 5.88. The van der Waals surface area contributed by atoms with Gasteiger partial charge in [-0.05, 0) is 5.56 Å². The average molecular weight is 237 g/mol. The molecule has 0 amide bonds. The molecule has 1 saturated heterocycles. The Morgan fingerprint density at radius 1 is 1.24 bits per heavy atom. The molecule has 1 aliphatic rings. The minimum absolute atomic E-state index is 0.133. The van der Waals surface area contributed by atoms with Crippen molar-refractivity contribution in [2.45, 2.75) is 18.3 Å². The number of β-amino-alcohol motifs (C(OH)–C–C–N with tert-alkyl or cyclic N) is 1. The first-order chi connectivity index (χ1) is 8.24. The van der Waals surface area contributed by atoms with E-state index >= 15 is 0 Å². The Bertz CT molecular complexity index is 344. The maximum Gasteiger partial charge on any atom is 0.0927 e. The summed E-state index contributed by atoms with van der Waals surface area (Å²) >= 11 is 0. The van der Waals surface area contributed by atoms with Crippen LogP contribution >= 0.6 is 0 Å². The fraction of sp³-hybridized carbons (Fsp3) is 0.538. The zero-order valence-electron chi connectivity index (χ0n) is 9.91. The van der Waals surface area contributed by atoms with E-state index in [-0.39, 0.29) is 12.0 Å². The second kappa shape index (κ2) is 5.60. The first-order valence-corrected chi connectivity index (χ1v) is 5.88. The number of aliphatic hydroxyl groups excluding tert-OH is 2. The number of methoxy groups -OCH3 is 1. The summed E-state index contributed by atoms with van der Waals surface area (Å²) < 4.78 is 5.48. The van der Waals surface area contributed by atoms with Gasteiger partial charge in [0.25, 0.3) is 0 Å². The van der Waals surface area contributed by atoms with Gasteiger partial charge in [-0.25, -0.2) is 0 Å². The number of piperidine rings is 1. The smallest absolute Gasteiger partial charge is 0.0927 e. The van der Waals surface area contributed by atoms with E-state index < -0.39 is 12.2 Å². The van der Waals surface area contributed by atoms with Crippen LogP contribution in [0.15, 0.2) is 30.3 Å². The zero-order valence-corrected chi connectivity index (χ0v) is 9.91. The molecule has 4 heteroatoms. The van der Waals surface area contributed by atoms with E-state index in [1.54, 1.807) is 7.11 Å². The third-order valence-corrected chi connectivity index (χ3v) is 3.34. The van der Waals surface area contributed by atoms with Crippen molar-refractivity contribution >= 4 is 0 Å². The van der Waals surface area contributed by atoms with Crippen molar-refractivity contribution in [1.29, 1.82) is 0 Å². The monoisotopic (exact) mass is 237 g/mol. The fourth-order valence-corrected chi connectivity index (χ4v) is 2.41. The molecule has 1 aromatic carbocycles. The first kappa shape index (κ1) is 12.5. The number of rotatable bonds is 3. The number of nitrogens with one attached hydrogen (secondary N) is 1. The van der Waals surface area contributed by atoms with Crippen LogP contribution in [0.3, 0.4) is 0 Å². The number of benzene rings is 1. The van der Waals surface area contributed by atoms with Gasteiger partial charge in [0.1, 0.15) is 0 Å². The molecule has 0 bridgehead atoms. The largest absolute Gasteiger partial charge is 0.390 e. The molecule has 0 radical (unpaired) electrons. The highest BCUT2D eigenvalue weighted by Crippen LogP contribution is 2.30. The Morgan fingerprint density at radius 2 is 1.94 bits per heavy atom. The van der Waals surface area contributed by atoms with Gasteiger partial charge in [0.15, 0.2) is 0 Å². The summed E-state index contributed by atoms with van der Waals surface area (Å²) in [4.78, 5) is 0. The molecule has 0 saturated carbocycles. The standard InChI is InChI=1S/C13H19NO3/c1-17-13(9-5-3-2-4-6-9)10-7-14-8-11(15)12(10)16/h2-6,10-16H,7-8H2,1H3/t10-,11+,12+,13?/m0/s1. The highest BCUT2D eigenvalue weighted by molar-refractivity contribution is 5.19. The van der Waals surface area contributed by atoms with Crippen LogP contribution in [0.1, 0.15) is 11.7 Å². The summed E-state index contributed by atoms with van der Waals surface area (Å²) in [6.07, 6.45) is -1.68. The van der Waals surface area contributed by atoms with Crippen molar-refractivity contribution in [1.82, 2.24) is 5.32 Å².